The second-order valence-electron chi connectivity index (χ2n) is 4.64. The van der Waals surface area contributed by atoms with Crippen LogP contribution in [0, 0.1) is 6.92 Å². The highest BCUT2D eigenvalue weighted by molar-refractivity contribution is 8.00. The monoisotopic (exact) mass is 304 g/mol. The maximum absolute atomic E-state index is 12.2. The van der Waals surface area contributed by atoms with Gasteiger partial charge < -0.3 is 0 Å². The average molecular weight is 305 g/mol. The lowest BCUT2D eigenvalue weighted by Crippen LogP contribution is -2.28. The summed E-state index contributed by atoms with van der Waals surface area (Å²) in [7, 11) is 0. The number of rotatable bonds is 2. The summed E-state index contributed by atoms with van der Waals surface area (Å²) in [4.78, 5) is 18.2. The number of aromatic nitrogens is 1. The highest BCUT2D eigenvalue weighted by atomic mass is 35.5. The van der Waals surface area contributed by atoms with Gasteiger partial charge in [-0.3, -0.25) is 14.7 Å². The Hall–Kier alpha value is -1.52. The molecule has 1 atom stereocenters. The molecule has 1 aliphatic rings. The molecule has 0 N–H and O–H groups in total. The van der Waals surface area contributed by atoms with Crippen molar-refractivity contribution in [3.63, 3.8) is 0 Å². The van der Waals surface area contributed by atoms with Crippen molar-refractivity contribution in [1.82, 2.24) is 4.98 Å². The molecule has 0 spiro atoms. The van der Waals surface area contributed by atoms with E-state index < -0.39 is 0 Å². The van der Waals surface area contributed by atoms with E-state index in [2.05, 4.69) is 4.98 Å². The van der Waals surface area contributed by atoms with E-state index in [-0.39, 0.29) is 11.3 Å². The summed E-state index contributed by atoms with van der Waals surface area (Å²) in [5, 5.41) is 0.666. The minimum Gasteiger partial charge on any atom is -0.295 e. The molecule has 1 saturated heterocycles. The number of benzene rings is 1. The number of carbonyl (C=O) groups excluding carboxylic acids is 1. The van der Waals surface area contributed by atoms with Gasteiger partial charge in [0, 0.05) is 28.7 Å². The van der Waals surface area contributed by atoms with Crippen molar-refractivity contribution >= 4 is 35.0 Å². The van der Waals surface area contributed by atoms with Gasteiger partial charge in [0.1, 0.15) is 5.37 Å². The molecule has 1 aromatic heterocycles. The van der Waals surface area contributed by atoms with Crippen LogP contribution in [0.15, 0.2) is 42.7 Å². The SMILES string of the molecule is Cc1cc(Cl)ccc1N1C(=O)CSC1c1cccnc1. The summed E-state index contributed by atoms with van der Waals surface area (Å²) < 4.78 is 0. The Labute approximate surface area is 127 Å². The largest absolute Gasteiger partial charge is 0.295 e. The van der Waals surface area contributed by atoms with Crippen molar-refractivity contribution in [2.45, 2.75) is 12.3 Å². The molecule has 1 unspecified atom stereocenters. The average Bonchev–Trinajstić information content (AvgIpc) is 2.82. The Morgan fingerprint density at radius 1 is 1.40 bits per heavy atom. The molecule has 2 heterocycles. The zero-order valence-electron chi connectivity index (χ0n) is 10.9. The van der Waals surface area contributed by atoms with Crippen molar-refractivity contribution in [3.05, 3.63) is 58.9 Å². The molecule has 0 aliphatic carbocycles. The fourth-order valence-electron chi connectivity index (χ4n) is 2.34. The van der Waals surface area contributed by atoms with Gasteiger partial charge in [0.15, 0.2) is 0 Å². The van der Waals surface area contributed by atoms with Gasteiger partial charge in [0.2, 0.25) is 5.91 Å². The van der Waals surface area contributed by atoms with Crippen molar-refractivity contribution in [1.29, 1.82) is 0 Å². The molecule has 0 radical (unpaired) electrons. The molecule has 20 heavy (non-hydrogen) atoms. The van der Waals surface area contributed by atoms with Gasteiger partial charge in [-0.2, -0.15) is 0 Å². The molecule has 0 bridgehead atoms. The minimum absolute atomic E-state index is 0.0175. The first kappa shape index (κ1) is 13.5. The highest BCUT2D eigenvalue weighted by Gasteiger charge is 2.34. The number of amides is 1. The van der Waals surface area contributed by atoms with Crippen LogP contribution in [0.25, 0.3) is 0 Å². The number of hydrogen-bond acceptors (Lipinski definition) is 3. The fourth-order valence-corrected chi connectivity index (χ4v) is 3.72. The van der Waals surface area contributed by atoms with E-state index >= 15 is 0 Å². The summed E-state index contributed by atoms with van der Waals surface area (Å²) in [5.41, 5.74) is 2.96. The summed E-state index contributed by atoms with van der Waals surface area (Å²) >= 11 is 7.62. The van der Waals surface area contributed by atoms with E-state index in [0.717, 1.165) is 16.8 Å². The van der Waals surface area contributed by atoms with Crippen molar-refractivity contribution < 1.29 is 4.79 Å². The highest BCUT2D eigenvalue weighted by Crippen LogP contribution is 2.42. The van der Waals surface area contributed by atoms with Crippen LogP contribution in [-0.2, 0) is 4.79 Å². The van der Waals surface area contributed by atoms with Gasteiger partial charge >= 0.3 is 0 Å². The molecular weight excluding hydrogens is 292 g/mol. The van der Waals surface area contributed by atoms with E-state index in [4.69, 9.17) is 11.6 Å². The quantitative estimate of drug-likeness (QED) is 0.845. The van der Waals surface area contributed by atoms with Gasteiger partial charge in [-0.15, -0.1) is 11.8 Å². The zero-order valence-corrected chi connectivity index (χ0v) is 12.5. The molecule has 1 fully saturated rings. The number of thioether (sulfide) groups is 1. The van der Waals surface area contributed by atoms with E-state index in [1.807, 2.05) is 48.4 Å². The van der Waals surface area contributed by atoms with Gasteiger partial charge in [-0.1, -0.05) is 17.7 Å². The molecule has 3 rings (SSSR count). The molecule has 1 aromatic carbocycles. The number of halogens is 1. The number of pyridine rings is 1. The van der Waals surface area contributed by atoms with Crippen LogP contribution in [0.4, 0.5) is 5.69 Å². The fraction of sp³-hybridized carbons (Fsp3) is 0.200. The summed E-state index contributed by atoms with van der Waals surface area (Å²) in [5.74, 6) is 0.607. The number of aryl methyl sites for hydroxylation is 1. The molecule has 0 saturated carbocycles. The third kappa shape index (κ3) is 2.41. The molecule has 1 amide bonds. The Morgan fingerprint density at radius 3 is 2.95 bits per heavy atom. The van der Waals surface area contributed by atoms with Crippen LogP contribution < -0.4 is 4.90 Å². The van der Waals surface area contributed by atoms with Crippen molar-refractivity contribution in [2.24, 2.45) is 0 Å². The van der Waals surface area contributed by atoms with E-state index in [1.165, 1.54) is 0 Å². The normalized spacial score (nSPS) is 18.6. The Bertz CT molecular complexity index is 648. The molecule has 3 nitrogen and oxygen atoms in total. The molecule has 2 aromatic rings. The predicted molar refractivity (Wildman–Crippen MR) is 83.1 cm³/mol. The van der Waals surface area contributed by atoms with Crippen molar-refractivity contribution in [3.8, 4) is 0 Å². The zero-order chi connectivity index (χ0) is 14.1. The first-order valence-corrected chi connectivity index (χ1v) is 7.69. The Balaban J connectivity index is 2.03. The third-order valence-electron chi connectivity index (χ3n) is 3.26. The molecular formula is C15H13ClN2OS. The second kappa shape index (κ2) is 5.46. The number of hydrogen-bond donors (Lipinski definition) is 0. The van der Waals surface area contributed by atoms with Crippen LogP contribution in [-0.4, -0.2) is 16.6 Å². The van der Waals surface area contributed by atoms with E-state index in [0.29, 0.717) is 10.8 Å². The van der Waals surface area contributed by atoms with Gasteiger partial charge in [-0.05, 0) is 36.8 Å². The van der Waals surface area contributed by atoms with Crippen LogP contribution >= 0.6 is 23.4 Å². The standard InChI is InChI=1S/C15H13ClN2OS/c1-10-7-12(16)4-5-13(10)18-14(19)9-20-15(18)11-3-2-6-17-8-11/h2-8,15H,9H2,1H3. The van der Waals surface area contributed by atoms with Gasteiger partial charge in [0.25, 0.3) is 0 Å². The minimum atomic E-state index is -0.0175. The van der Waals surface area contributed by atoms with Crippen molar-refractivity contribution in [2.75, 3.05) is 10.7 Å². The van der Waals surface area contributed by atoms with Crippen LogP contribution in [0.3, 0.4) is 0 Å². The Kier molecular flexibility index (Phi) is 3.68. The van der Waals surface area contributed by atoms with Crippen LogP contribution in [0.1, 0.15) is 16.5 Å². The van der Waals surface area contributed by atoms with Gasteiger partial charge in [-0.25, -0.2) is 0 Å². The number of carbonyl (C=O) groups is 1. The summed E-state index contributed by atoms with van der Waals surface area (Å²) in [6, 6.07) is 9.51. The van der Waals surface area contributed by atoms with Crippen LogP contribution in [0.5, 0.6) is 0 Å². The maximum Gasteiger partial charge on any atom is 0.238 e. The van der Waals surface area contributed by atoms with Crippen LogP contribution in [0.2, 0.25) is 5.02 Å². The lowest BCUT2D eigenvalue weighted by molar-refractivity contribution is -0.115. The second-order valence-corrected chi connectivity index (χ2v) is 6.15. The summed E-state index contributed by atoms with van der Waals surface area (Å²) in [6.07, 6.45) is 3.55. The van der Waals surface area contributed by atoms with Gasteiger partial charge in [0.05, 0.1) is 5.75 Å². The lowest BCUT2D eigenvalue weighted by Gasteiger charge is -2.25. The Morgan fingerprint density at radius 2 is 2.25 bits per heavy atom. The smallest absolute Gasteiger partial charge is 0.238 e. The van der Waals surface area contributed by atoms with E-state index in [9.17, 15) is 4.79 Å². The first-order valence-electron chi connectivity index (χ1n) is 6.26. The predicted octanol–water partition coefficient (Wildman–Crippen LogP) is 3.82. The molecule has 102 valence electrons. The lowest BCUT2D eigenvalue weighted by atomic mass is 10.1. The number of nitrogens with zero attached hydrogens (tertiary/aromatic N) is 2. The molecule has 5 heteroatoms. The maximum atomic E-state index is 12.2. The topological polar surface area (TPSA) is 33.2 Å². The number of anilines is 1. The van der Waals surface area contributed by atoms with E-state index in [1.54, 1.807) is 18.0 Å². The molecule has 1 aliphatic heterocycles. The summed E-state index contributed by atoms with van der Waals surface area (Å²) in [6.45, 7) is 1.97. The third-order valence-corrected chi connectivity index (χ3v) is 4.70. The first-order chi connectivity index (χ1) is 9.66.